The fraction of sp³-hybridized carbons (Fsp3) is 0.444. The quantitative estimate of drug-likeness (QED) is 0.872. The van der Waals surface area contributed by atoms with Gasteiger partial charge >= 0.3 is 0 Å². The first-order chi connectivity index (χ1) is 11.2. The largest absolute Gasteiger partial charge is 0.486 e. The molecule has 2 saturated heterocycles. The molecule has 5 nitrogen and oxygen atoms in total. The number of ether oxygens (including phenoxy) is 2. The Balaban J connectivity index is 1.41. The van der Waals surface area contributed by atoms with Gasteiger partial charge < -0.3 is 14.4 Å². The van der Waals surface area contributed by atoms with Gasteiger partial charge in [-0.25, -0.2) is 4.98 Å². The molecule has 2 aromatic heterocycles. The highest BCUT2D eigenvalue weighted by atomic mass is 16.6. The summed E-state index contributed by atoms with van der Waals surface area (Å²) >= 11 is 0. The van der Waals surface area contributed by atoms with Crippen molar-refractivity contribution in [1.82, 2.24) is 9.97 Å². The topological polar surface area (TPSA) is 47.5 Å². The molecular weight excluding hydrogens is 290 g/mol. The highest BCUT2D eigenvalue weighted by Gasteiger charge is 2.46. The van der Waals surface area contributed by atoms with Crippen LogP contribution in [0.1, 0.15) is 18.5 Å². The van der Waals surface area contributed by atoms with Crippen LogP contribution in [-0.2, 0) is 4.74 Å². The normalized spacial score (nSPS) is 26.8. The molecule has 0 saturated carbocycles. The first kappa shape index (κ1) is 14.5. The molecule has 120 valence electrons. The number of anilines is 1. The third kappa shape index (κ3) is 3.01. The minimum Gasteiger partial charge on any atom is -0.486 e. The fourth-order valence-electron chi connectivity index (χ4n) is 3.52. The Morgan fingerprint density at radius 3 is 3.09 bits per heavy atom. The van der Waals surface area contributed by atoms with Crippen molar-refractivity contribution >= 4 is 5.82 Å². The van der Waals surface area contributed by atoms with Crippen molar-refractivity contribution in [1.29, 1.82) is 0 Å². The van der Waals surface area contributed by atoms with E-state index in [0.717, 1.165) is 43.2 Å². The molecule has 0 radical (unpaired) electrons. The second kappa shape index (κ2) is 5.81. The van der Waals surface area contributed by atoms with Crippen molar-refractivity contribution in [3.05, 3.63) is 48.4 Å². The molecule has 5 heteroatoms. The summed E-state index contributed by atoms with van der Waals surface area (Å²) in [6.45, 7) is 4.54. The van der Waals surface area contributed by atoms with Crippen molar-refractivity contribution in [2.45, 2.75) is 31.5 Å². The van der Waals surface area contributed by atoms with Crippen LogP contribution in [0.4, 0.5) is 5.82 Å². The van der Waals surface area contributed by atoms with Crippen LogP contribution in [0.25, 0.3) is 0 Å². The minimum atomic E-state index is -0.0989. The summed E-state index contributed by atoms with van der Waals surface area (Å²) in [5.74, 6) is 1.86. The van der Waals surface area contributed by atoms with E-state index >= 15 is 0 Å². The van der Waals surface area contributed by atoms with Crippen LogP contribution in [0.3, 0.4) is 0 Å². The van der Waals surface area contributed by atoms with Gasteiger partial charge in [-0.15, -0.1) is 0 Å². The number of hydrogen-bond acceptors (Lipinski definition) is 5. The van der Waals surface area contributed by atoms with E-state index in [1.807, 2.05) is 25.1 Å². The summed E-state index contributed by atoms with van der Waals surface area (Å²) in [5, 5.41) is 0. The minimum absolute atomic E-state index is 0.0989. The van der Waals surface area contributed by atoms with E-state index < -0.39 is 0 Å². The Bertz CT molecular complexity index is 679. The number of aryl methyl sites for hydroxylation is 1. The number of aromatic nitrogens is 2. The van der Waals surface area contributed by atoms with Crippen LogP contribution in [0.15, 0.2) is 42.7 Å². The second-order valence-corrected chi connectivity index (χ2v) is 6.44. The van der Waals surface area contributed by atoms with E-state index in [2.05, 4.69) is 27.0 Å². The highest BCUT2D eigenvalue weighted by molar-refractivity contribution is 5.41. The maximum absolute atomic E-state index is 6.15. The van der Waals surface area contributed by atoms with Gasteiger partial charge in [0.05, 0.1) is 18.4 Å². The van der Waals surface area contributed by atoms with Gasteiger partial charge in [0.25, 0.3) is 0 Å². The molecule has 2 unspecified atom stereocenters. The SMILES string of the molecule is Cc1cccc(N2CCC3(CC(Oc4cccnc4)CO3)C2)n1. The third-order valence-electron chi connectivity index (χ3n) is 4.63. The first-order valence-corrected chi connectivity index (χ1v) is 8.12. The molecule has 2 atom stereocenters. The van der Waals surface area contributed by atoms with Gasteiger partial charge in [0.2, 0.25) is 0 Å². The van der Waals surface area contributed by atoms with Gasteiger partial charge in [-0.2, -0.15) is 0 Å². The van der Waals surface area contributed by atoms with Crippen LogP contribution in [0.5, 0.6) is 5.75 Å². The van der Waals surface area contributed by atoms with Crippen LogP contribution >= 0.6 is 0 Å². The summed E-state index contributed by atoms with van der Waals surface area (Å²) in [7, 11) is 0. The molecule has 4 rings (SSSR count). The number of rotatable bonds is 3. The predicted octanol–water partition coefficient (Wildman–Crippen LogP) is 2.60. The molecule has 0 bridgehead atoms. The summed E-state index contributed by atoms with van der Waals surface area (Å²) in [4.78, 5) is 11.0. The van der Waals surface area contributed by atoms with E-state index in [9.17, 15) is 0 Å². The highest BCUT2D eigenvalue weighted by Crippen LogP contribution is 2.37. The maximum atomic E-state index is 6.15. The molecule has 2 fully saturated rings. The molecule has 4 heterocycles. The van der Waals surface area contributed by atoms with Crippen molar-refractivity contribution in [2.24, 2.45) is 0 Å². The molecule has 0 amide bonds. The Labute approximate surface area is 136 Å². The van der Waals surface area contributed by atoms with Crippen molar-refractivity contribution in [3.63, 3.8) is 0 Å². The number of hydrogen-bond donors (Lipinski definition) is 0. The molecule has 2 aromatic rings. The first-order valence-electron chi connectivity index (χ1n) is 8.12. The van der Waals surface area contributed by atoms with Gasteiger partial charge in [0, 0.05) is 31.4 Å². The van der Waals surface area contributed by atoms with Crippen LogP contribution in [0, 0.1) is 6.92 Å². The zero-order valence-electron chi connectivity index (χ0n) is 13.3. The maximum Gasteiger partial charge on any atom is 0.138 e. The summed E-state index contributed by atoms with van der Waals surface area (Å²) in [5.41, 5.74) is 0.951. The second-order valence-electron chi connectivity index (χ2n) is 6.44. The molecule has 23 heavy (non-hydrogen) atoms. The van der Waals surface area contributed by atoms with E-state index in [1.165, 1.54) is 0 Å². The van der Waals surface area contributed by atoms with E-state index in [4.69, 9.17) is 9.47 Å². The summed E-state index contributed by atoms with van der Waals surface area (Å²) < 4.78 is 12.2. The molecule has 2 aliphatic rings. The summed E-state index contributed by atoms with van der Waals surface area (Å²) in [6.07, 6.45) is 5.55. The average Bonchev–Trinajstić information content (AvgIpc) is 3.16. The molecule has 0 N–H and O–H groups in total. The fourth-order valence-corrected chi connectivity index (χ4v) is 3.52. The van der Waals surface area contributed by atoms with Crippen molar-refractivity contribution in [2.75, 3.05) is 24.6 Å². The van der Waals surface area contributed by atoms with E-state index in [0.29, 0.717) is 6.61 Å². The zero-order valence-corrected chi connectivity index (χ0v) is 13.3. The molecule has 2 aliphatic heterocycles. The van der Waals surface area contributed by atoms with Gasteiger partial charge in [0.15, 0.2) is 0 Å². The Morgan fingerprint density at radius 2 is 2.26 bits per heavy atom. The van der Waals surface area contributed by atoms with Gasteiger partial charge in [-0.1, -0.05) is 6.07 Å². The third-order valence-corrected chi connectivity index (χ3v) is 4.63. The Kier molecular flexibility index (Phi) is 3.65. The molecule has 0 aromatic carbocycles. The van der Waals surface area contributed by atoms with E-state index in [1.54, 1.807) is 12.4 Å². The average molecular weight is 311 g/mol. The number of pyridine rings is 2. The zero-order chi connectivity index (χ0) is 15.7. The number of nitrogens with zero attached hydrogens (tertiary/aromatic N) is 3. The molecule has 0 aliphatic carbocycles. The lowest BCUT2D eigenvalue weighted by Crippen LogP contribution is -2.33. The van der Waals surface area contributed by atoms with Crippen molar-refractivity contribution < 1.29 is 9.47 Å². The Hall–Kier alpha value is -2.14. The predicted molar refractivity (Wildman–Crippen MR) is 87.8 cm³/mol. The molecule has 1 spiro atoms. The Morgan fingerprint density at radius 1 is 1.30 bits per heavy atom. The van der Waals surface area contributed by atoms with Gasteiger partial charge in [-0.05, 0) is 37.6 Å². The lowest BCUT2D eigenvalue weighted by Gasteiger charge is -2.24. The lowest BCUT2D eigenvalue weighted by atomic mass is 9.98. The summed E-state index contributed by atoms with van der Waals surface area (Å²) in [6, 6.07) is 9.99. The van der Waals surface area contributed by atoms with Crippen LogP contribution in [0.2, 0.25) is 0 Å². The monoisotopic (exact) mass is 311 g/mol. The standard InChI is InChI=1S/C18H21N3O2/c1-14-4-2-6-17(20-14)21-9-7-18(13-21)10-16(12-22-18)23-15-5-3-8-19-11-15/h2-6,8,11,16H,7,9-10,12-13H2,1H3. The van der Waals surface area contributed by atoms with Gasteiger partial charge in [0.1, 0.15) is 17.7 Å². The van der Waals surface area contributed by atoms with Crippen LogP contribution in [-0.4, -0.2) is 41.4 Å². The van der Waals surface area contributed by atoms with Crippen molar-refractivity contribution in [3.8, 4) is 5.75 Å². The van der Waals surface area contributed by atoms with Gasteiger partial charge in [-0.3, -0.25) is 4.98 Å². The van der Waals surface area contributed by atoms with E-state index in [-0.39, 0.29) is 11.7 Å². The lowest BCUT2D eigenvalue weighted by molar-refractivity contribution is 0.0195. The molecular formula is C18H21N3O2. The van der Waals surface area contributed by atoms with Crippen LogP contribution < -0.4 is 9.64 Å². The smallest absolute Gasteiger partial charge is 0.138 e.